The summed E-state index contributed by atoms with van der Waals surface area (Å²) in [5.74, 6) is 1.42. The van der Waals surface area contributed by atoms with Gasteiger partial charge in [-0.25, -0.2) is 39.4 Å². The number of carbonyl (C=O) groups is 1. The lowest BCUT2D eigenvalue weighted by molar-refractivity contribution is -0.0508. The molecule has 11 heterocycles. The van der Waals surface area contributed by atoms with Crippen molar-refractivity contribution in [1.82, 2.24) is 64.3 Å². The van der Waals surface area contributed by atoms with Crippen molar-refractivity contribution < 1.29 is 33.2 Å². The molecule has 0 saturated carbocycles. The van der Waals surface area contributed by atoms with Crippen molar-refractivity contribution in [3.05, 3.63) is 80.1 Å². The number of piperidine rings is 2. The zero-order valence-corrected chi connectivity index (χ0v) is 53.6. The van der Waals surface area contributed by atoms with Crippen molar-refractivity contribution in [2.45, 2.75) is 155 Å². The normalized spacial score (nSPS) is 22.8. The number of nitrogens with two attached hydrogens (primary N) is 1. The summed E-state index contributed by atoms with van der Waals surface area (Å²) in [7, 11) is 1.58. The number of rotatable bonds is 16. The Bertz CT molecular complexity index is 4090. The number of methoxy groups -OCH3 is 1. The zero-order valence-electron chi connectivity index (χ0n) is 50.4. The molecule has 2 spiro atoms. The van der Waals surface area contributed by atoms with E-state index in [0.29, 0.717) is 117 Å². The Hall–Kier alpha value is -6.27. The van der Waals surface area contributed by atoms with Gasteiger partial charge < -0.3 is 49.3 Å². The van der Waals surface area contributed by atoms with Crippen molar-refractivity contribution in [1.29, 1.82) is 0 Å². The van der Waals surface area contributed by atoms with Crippen LogP contribution in [0.3, 0.4) is 0 Å². The van der Waals surface area contributed by atoms with Crippen LogP contribution in [0.4, 0.5) is 16.4 Å². The first-order valence-electron chi connectivity index (χ1n) is 30.3. The van der Waals surface area contributed by atoms with E-state index in [2.05, 4.69) is 35.3 Å². The number of hydrogen-bond donors (Lipinski definition) is 3. The average molecular weight is 1300 g/mol. The summed E-state index contributed by atoms with van der Waals surface area (Å²) < 4.78 is 41.2. The number of halogens is 2. The minimum atomic E-state index is -0.725. The SMILES string of the molecule is COCCn1cnc2ccc(Sc3nn(C4CCCCO4)c4nc(N5CCC6(CC5)C(COCCn5cnc7ccc(Sc8n[nH]c9nc(N%10CCC%11(CC%10)CO[C@@H](C)[C@H]%11N)cnc89)c(Cl)c7c5=O)O[C@@H](C)[C@H]6NC(=O)OC(C)(C)C)cnc34)c(Cl)c2c1=O. The van der Waals surface area contributed by atoms with Crippen molar-refractivity contribution in [2.24, 2.45) is 16.6 Å². The molecule has 8 aromatic rings. The first-order valence-corrected chi connectivity index (χ1v) is 32.7. The van der Waals surface area contributed by atoms with Gasteiger partial charge in [0.25, 0.3) is 11.1 Å². The third kappa shape index (κ3) is 11.9. The number of hydrogen-bond acceptors (Lipinski definition) is 22. The second-order valence-corrected chi connectivity index (χ2v) is 27.6. The van der Waals surface area contributed by atoms with E-state index in [1.807, 2.05) is 51.4 Å². The summed E-state index contributed by atoms with van der Waals surface area (Å²) in [6.45, 7) is 14.7. The minimum Gasteiger partial charge on any atom is -0.444 e. The number of alkyl carbamates (subject to hydrolysis) is 1. The molecule has 1 amide bonds. The number of amides is 1. The van der Waals surface area contributed by atoms with Gasteiger partial charge in [0, 0.05) is 66.6 Å². The predicted octanol–water partition coefficient (Wildman–Crippen LogP) is 8.18. The molecule has 0 radical (unpaired) electrons. The van der Waals surface area contributed by atoms with E-state index < -0.39 is 35.4 Å². The summed E-state index contributed by atoms with van der Waals surface area (Å²) >= 11 is 16.7. The fraction of sp³-hybridized carbons (Fsp3) is 0.550. The fourth-order valence-corrected chi connectivity index (χ4v) is 15.8. The Balaban J connectivity index is 0.699. The molecule has 5 fully saturated rings. The highest BCUT2D eigenvalue weighted by atomic mass is 35.5. The topological polar surface area (TPSA) is 285 Å². The number of H-pyrrole nitrogens is 1. The van der Waals surface area contributed by atoms with Gasteiger partial charge >= 0.3 is 6.09 Å². The third-order valence-corrected chi connectivity index (χ3v) is 21.3. The van der Waals surface area contributed by atoms with Crippen LogP contribution in [-0.2, 0) is 41.5 Å². The van der Waals surface area contributed by atoms with E-state index in [0.717, 1.165) is 51.0 Å². The Kier molecular flexibility index (Phi) is 17.4. The highest BCUT2D eigenvalue weighted by molar-refractivity contribution is 7.99. The van der Waals surface area contributed by atoms with Gasteiger partial charge in [-0.05, 0) is 104 Å². The Morgan fingerprint density at radius 1 is 0.809 bits per heavy atom. The van der Waals surface area contributed by atoms with Gasteiger partial charge in [-0.15, -0.1) is 0 Å². The molecule has 5 saturated heterocycles. The fourth-order valence-electron chi connectivity index (χ4n) is 13.3. The number of anilines is 2. The highest BCUT2D eigenvalue weighted by Gasteiger charge is 2.57. The lowest BCUT2D eigenvalue weighted by atomic mass is 9.69. The maximum absolute atomic E-state index is 14.3. The first-order chi connectivity index (χ1) is 42.9. The molecule has 89 heavy (non-hydrogen) atoms. The zero-order chi connectivity index (χ0) is 61.9. The molecule has 5 aliphatic heterocycles. The largest absolute Gasteiger partial charge is 0.444 e. The number of carbonyl (C=O) groups excluding carboxylic acids is 1. The van der Waals surface area contributed by atoms with Crippen LogP contribution in [0.15, 0.2) is 78.7 Å². The molecular weight excluding hydrogens is 1220 g/mol. The monoisotopic (exact) mass is 1290 g/mol. The van der Waals surface area contributed by atoms with Crippen LogP contribution < -0.4 is 32.0 Å². The third-order valence-electron chi connectivity index (χ3n) is 18.2. The van der Waals surface area contributed by atoms with Crippen LogP contribution in [0.1, 0.15) is 85.8 Å². The van der Waals surface area contributed by atoms with Gasteiger partial charge in [-0.3, -0.25) is 23.8 Å². The minimum absolute atomic E-state index is 0.0109. The number of benzene rings is 2. The maximum atomic E-state index is 14.3. The number of nitrogens with one attached hydrogen (secondary N) is 2. The molecule has 0 aliphatic carbocycles. The van der Waals surface area contributed by atoms with Crippen LogP contribution in [0.2, 0.25) is 10.0 Å². The van der Waals surface area contributed by atoms with Crippen molar-refractivity contribution >= 4 is 109 Å². The number of fused-ring (bicyclic) bond motifs is 4. The molecule has 472 valence electrons. The maximum Gasteiger partial charge on any atom is 0.407 e. The van der Waals surface area contributed by atoms with Gasteiger partial charge in [0.2, 0.25) is 0 Å². The Morgan fingerprint density at radius 3 is 2.06 bits per heavy atom. The number of aromatic nitrogens is 12. The Morgan fingerprint density at radius 2 is 1.44 bits per heavy atom. The number of aromatic amines is 1. The lowest BCUT2D eigenvalue weighted by Crippen LogP contribution is -2.57. The van der Waals surface area contributed by atoms with Gasteiger partial charge in [0.15, 0.2) is 27.6 Å². The molecule has 6 atom stereocenters. The summed E-state index contributed by atoms with van der Waals surface area (Å²) in [4.78, 5) is 76.2. The van der Waals surface area contributed by atoms with E-state index in [1.54, 1.807) is 31.6 Å². The predicted molar refractivity (Wildman–Crippen MR) is 337 cm³/mol. The van der Waals surface area contributed by atoms with Crippen molar-refractivity contribution in [2.75, 3.05) is 76.1 Å². The summed E-state index contributed by atoms with van der Waals surface area (Å²) in [5.41, 5.74) is 7.89. The standard InChI is InChI=1S/C60H72Cl2N16O9S2/c1-33-49(63)59(30-85-33)14-18-74(19-15-59)40-27-64-47-51(68-40)71-72-53(47)88-37-12-10-35-43(45(37)61)56(80)77(32-67-35)23-26-83-29-39-60(50(34(2)86-39)70-57(81)87-58(3,4)5)16-20-75(21-17-60)41-28-65-48-52(69-41)78(42-9-7-8-24-84-42)73-54(48)89-38-13-11-36-44(46(38)62)55(79)76(31-66-36)22-25-82-6/h10-13,27-28,31-34,39,42,49-50H,7-9,14-26,29-30,63H2,1-6H3,(H,70,81)(H,68,71,72)/t33-,34-,39?,42?,49+,50+/m0/s1. The summed E-state index contributed by atoms with van der Waals surface area (Å²) in [6, 6.07) is 6.81. The van der Waals surface area contributed by atoms with E-state index in [9.17, 15) is 14.4 Å². The molecule has 0 bridgehead atoms. The molecule has 13 rings (SSSR count). The van der Waals surface area contributed by atoms with Gasteiger partial charge in [0.1, 0.15) is 28.3 Å². The van der Waals surface area contributed by atoms with Crippen LogP contribution in [0.25, 0.3) is 44.1 Å². The summed E-state index contributed by atoms with van der Waals surface area (Å²) in [6.07, 6.45) is 10.6. The van der Waals surface area contributed by atoms with Crippen LogP contribution in [-0.4, -0.2) is 167 Å². The van der Waals surface area contributed by atoms with Gasteiger partial charge in [-0.1, -0.05) is 46.7 Å². The van der Waals surface area contributed by atoms with Crippen LogP contribution in [0.5, 0.6) is 0 Å². The van der Waals surface area contributed by atoms with E-state index >= 15 is 0 Å². The van der Waals surface area contributed by atoms with Crippen molar-refractivity contribution in [3.8, 4) is 0 Å². The Labute approximate surface area is 530 Å². The van der Waals surface area contributed by atoms with Gasteiger partial charge in [-0.2, -0.15) is 10.2 Å². The molecule has 2 aromatic carbocycles. The number of nitrogens with zero attached hydrogens (tertiary/aromatic N) is 13. The smallest absolute Gasteiger partial charge is 0.407 e. The molecule has 2 unspecified atom stereocenters. The lowest BCUT2D eigenvalue weighted by Gasteiger charge is -2.45. The summed E-state index contributed by atoms with van der Waals surface area (Å²) in [5, 5.41) is 18.1. The van der Waals surface area contributed by atoms with E-state index in [-0.39, 0.29) is 70.1 Å². The second kappa shape index (κ2) is 25.1. The molecule has 25 nitrogen and oxygen atoms in total. The molecule has 29 heteroatoms. The number of ether oxygens (including phenoxy) is 6. The molecule has 6 aromatic heterocycles. The van der Waals surface area contributed by atoms with Crippen LogP contribution in [0, 0.1) is 10.8 Å². The molecule has 5 aliphatic rings. The second-order valence-electron chi connectivity index (χ2n) is 24.8. The van der Waals surface area contributed by atoms with E-state index in [1.165, 1.54) is 45.3 Å². The molecule has 4 N–H and O–H groups in total. The molecular formula is C60H72Cl2N16O9S2. The highest BCUT2D eigenvalue weighted by Crippen LogP contribution is 2.49. The van der Waals surface area contributed by atoms with Crippen molar-refractivity contribution in [3.63, 3.8) is 0 Å². The first kappa shape index (κ1) is 61.6. The average Bonchev–Trinajstić information content (AvgIpc) is 1.84. The van der Waals surface area contributed by atoms with Crippen LogP contribution >= 0.6 is 46.7 Å². The van der Waals surface area contributed by atoms with E-state index in [4.69, 9.17) is 82.4 Å². The quantitative estimate of drug-likeness (QED) is 0.0768. The van der Waals surface area contributed by atoms with Gasteiger partial charge in [0.05, 0.1) is 121 Å².